The molecule has 0 bridgehead atoms. The van der Waals surface area contributed by atoms with E-state index >= 15 is 0 Å². The van der Waals surface area contributed by atoms with Crippen molar-refractivity contribution >= 4 is 0 Å². The summed E-state index contributed by atoms with van der Waals surface area (Å²) in [7, 11) is 0. The van der Waals surface area contributed by atoms with Crippen molar-refractivity contribution in [1.82, 2.24) is 10.2 Å². The van der Waals surface area contributed by atoms with Crippen LogP contribution in [0.5, 0.6) is 0 Å². The van der Waals surface area contributed by atoms with E-state index in [2.05, 4.69) is 54.4 Å². The van der Waals surface area contributed by atoms with Gasteiger partial charge in [0.05, 0.1) is 0 Å². The minimum Gasteiger partial charge on any atom is -0.308 e. The molecule has 3 rings (SSSR count). The summed E-state index contributed by atoms with van der Waals surface area (Å²) >= 11 is 0. The van der Waals surface area contributed by atoms with E-state index in [4.69, 9.17) is 0 Å². The molecular formula is C19H30N2. The number of hydrogen-bond donors (Lipinski definition) is 1. The maximum atomic E-state index is 3.95. The Morgan fingerprint density at radius 2 is 1.81 bits per heavy atom. The lowest BCUT2D eigenvalue weighted by Crippen LogP contribution is -2.69. The summed E-state index contributed by atoms with van der Waals surface area (Å²) in [6.07, 6.45) is 8.15. The summed E-state index contributed by atoms with van der Waals surface area (Å²) in [5, 5.41) is 3.95. The lowest BCUT2D eigenvalue weighted by molar-refractivity contribution is -0.00736. The molecule has 1 saturated carbocycles. The summed E-state index contributed by atoms with van der Waals surface area (Å²) in [4.78, 5) is 2.75. The van der Waals surface area contributed by atoms with Crippen LogP contribution in [0.15, 0.2) is 30.3 Å². The van der Waals surface area contributed by atoms with Gasteiger partial charge >= 0.3 is 0 Å². The van der Waals surface area contributed by atoms with E-state index in [0.717, 1.165) is 13.1 Å². The highest BCUT2D eigenvalue weighted by Gasteiger charge is 2.44. The summed E-state index contributed by atoms with van der Waals surface area (Å²) in [5.74, 6) is 0. The van der Waals surface area contributed by atoms with Gasteiger partial charge in [-0.25, -0.2) is 0 Å². The molecule has 116 valence electrons. The van der Waals surface area contributed by atoms with Crippen LogP contribution in [-0.4, -0.2) is 29.1 Å². The molecule has 1 aromatic carbocycles. The van der Waals surface area contributed by atoms with Crippen LogP contribution in [0, 0.1) is 0 Å². The van der Waals surface area contributed by atoms with Crippen LogP contribution in [0.1, 0.15) is 57.9 Å². The van der Waals surface area contributed by atoms with Gasteiger partial charge in [0.1, 0.15) is 0 Å². The van der Waals surface area contributed by atoms with Gasteiger partial charge < -0.3 is 5.32 Å². The standard InChI is InChI=1S/C19H30N2/c1-3-18(2)15-20-19(12-8-5-9-13-19)16-21(18)14-17-10-6-4-7-11-17/h4,6-7,10-11,20H,3,5,8-9,12-16H2,1-2H3. The first kappa shape index (κ1) is 15.1. The Morgan fingerprint density at radius 3 is 2.48 bits per heavy atom. The fraction of sp³-hybridized carbons (Fsp3) is 0.684. The van der Waals surface area contributed by atoms with Gasteiger partial charge in [-0.3, -0.25) is 4.90 Å². The average Bonchev–Trinajstić information content (AvgIpc) is 2.53. The second-order valence-corrected chi connectivity index (χ2v) is 7.39. The normalized spacial score (nSPS) is 29.6. The third-order valence-corrected chi connectivity index (χ3v) is 5.89. The SMILES string of the molecule is CCC1(C)CNC2(CCCCC2)CN1Cc1ccccc1. The number of piperazine rings is 1. The third kappa shape index (κ3) is 3.17. The molecule has 0 radical (unpaired) electrons. The molecule has 21 heavy (non-hydrogen) atoms. The van der Waals surface area contributed by atoms with Gasteiger partial charge in [-0.15, -0.1) is 0 Å². The fourth-order valence-electron chi connectivity index (χ4n) is 4.06. The van der Waals surface area contributed by atoms with Gasteiger partial charge in [0.25, 0.3) is 0 Å². The van der Waals surface area contributed by atoms with Crippen molar-refractivity contribution in [1.29, 1.82) is 0 Å². The molecule has 1 atom stereocenters. The lowest BCUT2D eigenvalue weighted by Gasteiger charge is -2.54. The first-order valence-electron chi connectivity index (χ1n) is 8.70. The quantitative estimate of drug-likeness (QED) is 0.904. The zero-order chi connectivity index (χ0) is 14.8. The van der Waals surface area contributed by atoms with Crippen LogP contribution in [-0.2, 0) is 6.54 Å². The highest BCUT2D eigenvalue weighted by molar-refractivity contribution is 5.16. The van der Waals surface area contributed by atoms with E-state index in [-0.39, 0.29) is 0 Å². The van der Waals surface area contributed by atoms with Gasteiger partial charge in [-0.1, -0.05) is 56.5 Å². The van der Waals surface area contributed by atoms with Crippen molar-refractivity contribution < 1.29 is 0 Å². The van der Waals surface area contributed by atoms with Gasteiger partial charge in [-0.2, -0.15) is 0 Å². The Bertz CT molecular complexity index is 450. The van der Waals surface area contributed by atoms with Crippen LogP contribution in [0.25, 0.3) is 0 Å². The van der Waals surface area contributed by atoms with Gasteiger partial charge in [0.15, 0.2) is 0 Å². The van der Waals surface area contributed by atoms with E-state index in [1.54, 1.807) is 0 Å². The van der Waals surface area contributed by atoms with E-state index in [1.165, 1.54) is 50.6 Å². The van der Waals surface area contributed by atoms with Crippen molar-refractivity contribution in [3.8, 4) is 0 Å². The third-order valence-electron chi connectivity index (χ3n) is 5.89. The van der Waals surface area contributed by atoms with Crippen molar-refractivity contribution in [3.05, 3.63) is 35.9 Å². The molecule has 2 fully saturated rings. The van der Waals surface area contributed by atoms with Crippen LogP contribution >= 0.6 is 0 Å². The predicted octanol–water partition coefficient (Wildman–Crippen LogP) is 3.96. The molecule has 1 aromatic rings. The highest BCUT2D eigenvalue weighted by Crippen LogP contribution is 2.36. The summed E-state index contributed by atoms with van der Waals surface area (Å²) < 4.78 is 0. The summed E-state index contributed by atoms with van der Waals surface area (Å²) in [5.41, 5.74) is 2.13. The zero-order valence-corrected chi connectivity index (χ0v) is 13.7. The Labute approximate surface area is 129 Å². The van der Waals surface area contributed by atoms with Crippen LogP contribution in [0.4, 0.5) is 0 Å². The minimum atomic E-state index is 0.290. The molecular weight excluding hydrogens is 256 g/mol. The number of nitrogens with zero attached hydrogens (tertiary/aromatic N) is 1. The van der Waals surface area contributed by atoms with Crippen LogP contribution in [0.3, 0.4) is 0 Å². The second-order valence-electron chi connectivity index (χ2n) is 7.39. The van der Waals surface area contributed by atoms with E-state index in [1.807, 2.05) is 0 Å². The Balaban J connectivity index is 1.78. The van der Waals surface area contributed by atoms with Crippen molar-refractivity contribution in [2.45, 2.75) is 70.0 Å². The largest absolute Gasteiger partial charge is 0.308 e. The maximum Gasteiger partial charge on any atom is 0.0309 e. The topological polar surface area (TPSA) is 15.3 Å². The van der Waals surface area contributed by atoms with Crippen molar-refractivity contribution in [3.63, 3.8) is 0 Å². The molecule has 2 nitrogen and oxygen atoms in total. The summed E-state index contributed by atoms with van der Waals surface area (Å²) in [6.45, 7) is 8.20. The monoisotopic (exact) mass is 286 g/mol. The molecule has 2 aliphatic rings. The number of benzene rings is 1. The van der Waals surface area contributed by atoms with E-state index < -0.39 is 0 Å². The molecule has 1 saturated heterocycles. The molecule has 1 heterocycles. The molecule has 2 heteroatoms. The number of rotatable bonds is 3. The van der Waals surface area contributed by atoms with Crippen molar-refractivity contribution in [2.75, 3.05) is 13.1 Å². The van der Waals surface area contributed by atoms with Crippen molar-refractivity contribution in [2.24, 2.45) is 0 Å². The molecule has 0 amide bonds. The minimum absolute atomic E-state index is 0.290. The predicted molar refractivity (Wildman–Crippen MR) is 89.4 cm³/mol. The average molecular weight is 286 g/mol. The van der Waals surface area contributed by atoms with E-state index in [0.29, 0.717) is 11.1 Å². The molecule has 1 aliphatic heterocycles. The first-order valence-corrected chi connectivity index (χ1v) is 8.70. The molecule has 0 aromatic heterocycles. The smallest absolute Gasteiger partial charge is 0.0309 e. The Morgan fingerprint density at radius 1 is 1.10 bits per heavy atom. The Kier molecular flexibility index (Phi) is 4.37. The zero-order valence-electron chi connectivity index (χ0n) is 13.7. The highest BCUT2D eigenvalue weighted by atomic mass is 15.3. The van der Waals surface area contributed by atoms with Crippen LogP contribution < -0.4 is 5.32 Å². The maximum absolute atomic E-state index is 3.95. The van der Waals surface area contributed by atoms with Gasteiger partial charge in [0.2, 0.25) is 0 Å². The lowest BCUT2D eigenvalue weighted by atomic mass is 9.77. The van der Waals surface area contributed by atoms with E-state index in [9.17, 15) is 0 Å². The number of hydrogen-bond acceptors (Lipinski definition) is 2. The second kappa shape index (κ2) is 6.10. The molecule has 1 spiro atoms. The Hall–Kier alpha value is -0.860. The molecule has 1 aliphatic carbocycles. The number of nitrogens with one attached hydrogen (secondary N) is 1. The molecule has 1 unspecified atom stereocenters. The summed E-state index contributed by atoms with van der Waals surface area (Å²) in [6, 6.07) is 11.0. The van der Waals surface area contributed by atoms with Gasteiger partial charge in [0, 0.05) is 30.7 Å². The fourth-order valence-corrected chi connectivity index (χ4v) is 4.06. The first-order chi connectivity index (χ1) is 10.2. The van der Waals surface area contributed by atoms with Gasteiger partial charge in [-0.05, 0) is 31.7 Å². The van der Waals surface area contributed by atoms with Crippen LogP contribution in [0.2, 0.25) is 0 Å². The molecule has 1 N–H and O–H groups in total.